The summed E-state index contributed by atoms with van der Waals surface area (Å²) in [4.78, 5) is 1.59. The molecule has 1 rings (SSSR count). The first-order chi connectivity index (χ1) is 6.89. The Kier molecular flexibility index (Phi) is 4.36. The van der Waals surface area contributed by atoms with Gasteiger partial charge < -0.3 is 9.84 Å². The molecule has 0 aromatic heterocycles. The van der Waals surface area contributed by atoms with Gasteiger partial charge in [0.15, 0.2) is 6.10 Å². The van der Waals surface area contributed by atoms with E-state index in [0.29, 0.717) is 26.1 Å². The van der Waals surface area contributed by atoms with Gasteiger partial charge in [-0.1, -0.05) is 0 Å². The molecule has 1 saturated heterocycles. The molecule has 1 aliphatic heterocycles. The van der Waals surface area contributed by atoms with Gasteiger partial charge in [-0.15, -0.1) is 0 Å². The Morgan fingerprint density at radius 1 is 1.53 bits per heavy atom. The molecule has 2 unspecified atom stereocenters. The number of nitrogens with zero attached hydrogens (tertiary/aromatic N) is 1. The second-order valence-corrected chi connectivity index (χ2v) is 3.85. The molecular formula is C9H16F3NO2. The van der Waals surface area contributed by atoms with Crippen LogP contribution in [0.3, 0.4) is 0 Å². The number of aliphatic hydroxyl groups excluding tert-OH is 1. The summed E-state index contributed by atoms with van der Waals surface area (Å²) in [5.41, 5.74) is 0. The van der Waals surface area contributed by atoms with E-state index in [-0.39, 0.29) is 12.6 Å². The quantitative estimate of drug-likeness (QED) is 0.764. The Hall–Kier alpha value is -0.330. The molecule has 1 aliphatic rings. The number of β-amino-alcohol motifs (C(OH)–C–C–N with tert-alkyl or cyclic N) is 1. The molecule has 0 aromatic rings. The second kappa shape index (κ2) is 5.14. The van der Waals surface area contributed by atoms with Crippen LogP contribution in [0.25, 0.3) is 0 Å². The lowest BCUT2D eigenvalue weighted by molar-refractivity contribution is -0.208. The van der Waals surface area contributed by atoms with E-state index in [1.807, 2.05) is 6.92 Å². The lowest BCUT2D eigenvalue weighted by Gasteiger charge is -2.25. The first kappa shape index (κ1) is 12.7. The van der Waals surface area contributed by atoms with E-state index in [0.717, 1.165) is 0 Å². The Labute approximate surface area is 86.8 Å². The standard InChI is InChI=1S/C9H16F3NO2/c1-7-5-13(3-2-4-15-7)6-8(14)9(10,11)12/h7-8,14H,2-6H2,1H3. The van der Waals surface area contributed by atoms with Gasteiger partial charge in [0, 0.05) is 26.2 Å². The van der Waals surface area contributed by atoms with Crippen LogP contribution in [0.15, 0.2) is 0 Å². The molecule has 0 aromatic carbocycles. The fraction of sp³-hybridized carbons (Fsp3) is 1.00. The van der Waals surface area contributed by atoms with Crippen molar-refractivity contribution in [3.63, 3.8) is 0 Å². The van der Waals surface area contributed by atoms with Crippen LogP contribution in [-0.4, -0.2) is 54.6 Å². The maximum Gasteiger partial charge on any atom is 0.415 e. The Morgan fingerprint density at radius 2 is 2.20 bits per heavy atom. The van der Waals surface area contributed by atoms with Crippen LogP contribution in [0.4, 0.5) is 13.2 Å². The van der Waals surface area contributed by atoms with Crippen molar-refractivity contribution in [3.8, 4) is 0 Å². The lowest BCUT2D eigenvalue weighted by atomic mass is 10.2. The van der Waals surface area contributed by atoms with Gasteiger partial charge in [0.05, 0.1) is 6.10 Å². The molecule has 6 heteroatoms. The summed E-state index contributed by atoms with van der Waals surface area (Å²) in [6, 6.07) is 0. The summed E-state index contributed by atoms with van der Waals surface area (Å²) in [6.45, 7) is 3.00. The van der Waals surface area contributed by atoms with Crippen LogP contribution in [-0.2, 0) is 4.74 Å². The summed E-state index contributed by atoms with van der Waals surface area (Å²) in [6.07, 6.45) is -6.17. The maximum absolute atomic E-state index is 12.1. The number of halogens is 3. The number of ether oxygens (including phenoxy) is 1. The molecule has 0 amide bonds. The minimum absolute atomic E-state index is 0.0760. The summed E-state index contributed by atoms with van der Waals surface area (Å²) in [5.74, 6) is 0. The molecule has 90 valence electrons. The van der Waals surface area contributed by atoms with Gasteiger partial charge in [-0.2, -0.15) is 13.2 Å². The molecule has 3 nitrogen and oxygen atoms in total. The Morgan fingerprint density at radius 3 is 2.80 bits per heavy atom. The zero-order chi connectivity index (χ0) is 11.5. The Balaban J connectivity index is 2.42. The van der Waals surface area contributed by atoms with Crippen LogP contribution in [0, 0.1) is 0 Å². The monoisotopic (exact) mass is 227 g/mol. The minimum Gasteiger partial charge on any atom is -0.382 e. The molecule has 1 fully saturated rings. The van der Waals surface area contributed by atoms with Crippen molar-refractivity contribution in [1.29, 1.82) is 0 Å². The molecular weight excluding hydrogens is 211 g/mol. The number of alkyl halides is 3. The van der Waals surface area contributed by atoms with Gasteiger partial charge in [0.1, 0.15) is 0 Å². The summed E-state index contributed by atoms with van der Waals surface area (Å²) in [7, 11) is 0. The summed E-state index contributed by atoms with van der Waals surface area (Å²) < 4.78 is 41.6. The predicted molar refractivity (Wildman–Crippen MR) is 48.5 cm³/mol. The van der Waals surface area contributed by atoms with E-state index >= 15 is 0 Å². The van der Waals surface area contributed by atoms with Gasteiger partial charge in [0.2, 0.25) is 0 Å². The molecule has 0 saturated carbocycles. The van der Waals surface area contributed by atoms with E-state index in [1.54, 1.807) is 4.90 Å². The minimum atomic E-state index is -4.53. The molecule has 1 N–H and O–H groups in total. The van der Waals surface area contributed by atoms with Crippen molar-refractivity contribution in [2.24, 2.45) is 0 Å². The smallest absolute Gasteiger partial charge is 0.382 e. The maximum atomic E-state index is 12.1. The third-order valence-electron chi connectivity index (χ3n) is 2.35. The zero-order valence-electron chi connectivity index (χ0n) is 8.63. The van der Waals surface area contributed by atoms with E-state index in [4.69, 9.17) is 9.84 Å². The van der Waals surface area contributed by atoms with Crippen molar-refractivity contribution in [2.45, 2.75) is 31.7 Å². The molecule has 0 aliphatic carbocycles. The number of hydrogen-bond donors (Lipinski definition) is 1. The fourth-order valence-electron chi connectivity index (χ4n) is 1.59. The van der Waals surface area contributed by atoms with Crippen molar-refractivity contribution in [1.82, 2.24) is 4.90 Å². The van der Waals surface area contributed by atoms with E-state index in [9.17, 15) is 13.2 Å². The average Bonchev–Trinajstić information content (AvgIpc) is 2.28. The summed E-state index contributed by atoms with van der Waals surface area (Å²) in [5, 5.41) is 8.91. The second-order valence-electron chi connectivity index (χ2n) is 3.85. The lowest BCUT2D eigenvalue weighted by Crippen LogP contribution is -2.43. The van der Waals surface area contributed by atoms with Crippen molar-refractivity contribution in [3.05, 3.63) is 0 Å². The van der Waals surface area contributed by atoms with Gasteiger partial charge in [-0.3, -0.25) is 4.90 Å². The first-order valence-corrected chi connectivity index (χ1v) is 4.98. The normalized spacial score (nSPS) is 27.4. The third kappa shape index (κ3) is 4.36. The molecule has 0 radical (unpaired) electrons. The molecule has 1 heterocycles. The van der Waals surface area contributed by atoms with Crippen LogP contribution >= 0.6 is 0 Å². The van der Waals surface area contributed by atoms with Crippen LogP contribution in [0.1, 0.15) is 13.3 Å². The molecule has 2 atom stereocenters. The predicted octanol–water partition coefficient (Wildman–Crippen LogP) is 1.02. The highest BCUT2D eigenvalue weighted by atomic mass is 19.4. The van der Waals surface area contributed by atoms with Crippen molar-refractivity contribution < 1.29 is 23.0 Å². The fourth-order valence-corrected chi connectivity index (χ4v) is 1.59. The highest BCUT2D eigenvalue weighted by Crippen LogP contribution is 2.21. The molecule has 15 heavy (non-hydrogen) atoms. The highest BCUT2D eigenvalue weighted by Gasteiger charge is 2.39. The highest BCUT2D eigenvalue weighted by molar-refractivity contribution is 4.74. The SMILES string of the molecule is CC1CN(CC(O)C(F)(F)F)CCCO1. The van der Waals surface area contributed by atoms with Gasteiger partial charge in [-0.25, -0.2) is 0 Å². The average molecular weight is 227 g/mol. The van der Waals surface area contributed by atoms with Crippen LogP contribution in [0.5, 0.6) is 0 Å². The Bertz CT molecular complexity index is 198. The largest absolute Gasteiger partial charge is 0.415 e. The number of rotatable bonds is 2. The van der Waals surface area contributed by atoms with E-state index in [1.165, 1.54) is 0 Å². The van der Waals surface area contributed by atoms with E-state index in [2.05, 4.69) is 0 Å². The topological polar surface area (TPSA) is 32.7 Å². The van der Waals surface area contributed by atoms with E-state index < -0.39 is 12.3 Å². The zero-order valence-corrected chi connectivity index (χ0v) is 8.63. The van der Waals surface area contributed by atoms with Gasteiger partial charge >= 0.3 is 6.18 Å². The van der Waals surface area contributed by atoms with Crippen LogP contribution in [0.2, 0.25) is 0 Å². The summed E-state index contributed by atoms with van der Waals surface area (Å²) >= 11 is 0. The van der Waals surface area contributed by atoms with Crippen LogP contribution < -0.4 is 0 Å². The van der Waals surface area contributed by atoms with Crippen molar-refractivity contribution >= 4 is 0 Å². The van der Waals surface area contributed by atoms with Gasteiger partial charge in [0.25, 0.3) is 0 Å². The molecule has 0 spiro atoms. The first-order valence-electron chi connectivity index (χ1n) is 4.98. The molecule has 0 bridgehead atoms. The number of aliphatic hydroxyl groups is 1. The third-order valence-corrected chi connectivity index (χ3v) is 2.35. The van der Waals surface area contributed by atoms with Gasteiger partial charge in [-0.05, 0) is 13.3 Å². The van der Waals surface area contributed by atoms with Crippen molar-refractivity contribution in [2.75, 3.05) is 26.2 Å². The number of hydrogen-bond acceptors (Lipinski definition) is 3.